The van der Waals surface area contributed by atoms with Gasteiger partial charge in [-0.25, -0.2) is 0 Å². The minimum Gasteiger partial charge on any atom is -0.363 e. The predicted octanol–water partition coefficient (Wildman–Crippen LogP) is 1.95. The highest BCUT2D eigenvalue weighted by molar-refractivity contribution is 5.28. The molecule has 1 atom stereocenters. The van der Waals surface area contributed by atoms with Gasteiger partial charge in [-0.2, -0.15) is 0 Å². The fourth-order valence-corrected chi connectivity index (χ4v) is 1.57. The van der Waals surface area contributed by atoms with Crippen molar-refractivity contribution in [3.8, 4) is 0 Å². The largest absolute Gasteiger partial charge is 0.363 e. The Bertz CT molecular complexity index is 223. The molecule has 1 saturated heterocycles. The van der Waals surface area contributed by atoms with Gasteiger partial charge in [-0.3, -0.25) is 0 Å². The second kappa shape index (κ2) is 2.01. The van der Waals surface area contributed by atoms with Crippen molar-refractivity contribution < 1.29 is 0 Å². The van der Waals surface area contributed by atoms with Crippen molar-refractivity contribution in [2.75, 3.05) is 0 Å². The lowest BCUT2D eigenvalue weighted by molar-refractivity contribution is 0.658. The molecule has 0 saturated carbocycles. The molecule has 1 aliphatic carbocycles. The highest BCUT2D eigenvalue weighted by Gasteiger charge is 2.22. The Kier molecular flexibility index (Phi) is 1.16. The third kappa shape index (κ3) is 0.783. The van der Waals surface area contributed by atoms with Gasteiger partial charge in [0, 0.05) is 17.3 Å². The van der Waals surface area contributed by atoms with Gasteiger partial charge in [0.15, 0.2) is 0 Å². The fraction of sp³-hybridized carbons (Fsp3) is 0.333. The highest BCUT2D eigenvalue weighted by Crippen LogP contribution is 2.30. The van der Waals surface area contributed by atoms with Gasteiger partial charge in [0.1, 0.15) is 0 Å². The quantitative estimate of drug-likeness (QED) is 0.532. The van der Waals surface area contributed by atoms with Crippen LogP contribution in [-0.2, 0) is 0 Å². The zero-order valence-electron chi connectivity index (χ0n) is 5.93. The summed E-state index contributed by atoms with van der Waals surface area (Å²) >= 11 is 0. The molecule has 1 heteroatoms. The molecule has 0 aromatic heterocycles. The Labute approximate surface area is 61.1 Å². The molecule has 0 aromatic rings. The molecule has 52 valence electrons. The van der Waals surface area contributed by atoms with E-state index in [0.717, 1.165) is 6.42 Å². The van der Waals surface area contributed by atoms with E-state index in [9.17, 15) is 0 Å². The lowest BCUT2D eigenvalue weighted by atomic mass is 9.97. The summed E-state index contributed by atoms with van der Waals surface area (Å²) in [7, 11) is 0. The molecule has 1 nitrogen and oxygen atoms in total. The number of hydrogen-bond acceptors (Lipinski definition) is 1. The molecule has 0 bridgehead atoms. The number of fused-ring (bicyclic) bond motifs is 1. The molecule has 2 aliphatic rings. The van der Waals surface area contributed by atoms with E-state index >= 15 is 0 Å². The van der Waals surface area contributed by atoms with Crippen LogP contribution in [0.4, 0.5) is 0 Å². The third-order valence-electron chi connectivity index (χ3n) is 2.09. The van der Waals surface area contributed by atoms with Gasteiger partial charge in [0.2, 0.25) is 0 Å². The number of hydrogen-bond donors (Lipinski definition) is 1. The summed E-state index contributed by atoms with van der Waals surface area (Å²) in [5.41, 5.74) is 2.52. The average Bonchev–Trinajstić information content (AvgIpc) is 2.27. The zero-order valence-corrected chi connectivity index (χ0v) is 5.93. The number of nitrogens with one attached hydrogen (secondary N) is 1. The van der Waals surface area contributed by atoms with Crippen molar-refractivity contribution in [2.24, 2.45) is 5.92 Å². The van der Waals surface area contributed by atoms with Gasteiger partial charge in [-0.05, 0) is 18.9 Å². The van der Waals surface area contributed by atoms with Gasteiger partial charge < -0.3 is 5.32 Å². The van der Waals surface area contributed by atoms with Gasteiger partial charge in [-0.1, -0.05) is 18.7 Å². The predicted molar refractivity (Wildman–Crippen MR) is 42.2 cm³/mol. The van der Waals surface area contributed by atoms with Crippen molar-refractivity contribution in [3.05, 3.63) is 36.2 Å². The van der Waals surface area contributed by atoms with Crippen LogP contribution < -0.4 is 5.32 Å². The Hall–Kier alpha value is -0.980. The van der Waals surface area contributed by atoms with Crippen LogP contribution in [-0.4, -0.2) is 0 Å². The second-order valence-electron chi connectivity index (χ2n) is 2.92. The summed E-state index contributed by atoms with van der Waals surface area (Å²) in [5, 5.41) is 3.27. The summed E-state index contributed by atoms with van der Waals surface area (Å²) in [6, 6.07) is 0. The Morgan fingerprint density at radius 2 is 2.50 bits per heavy atom. The highest BCUT2D eigenvalue weighted by atomic mass is 14.9. The fourth-order valence-electron chi connectivity index (χ4n) is 1.57. The SMILES string of the molecule is C=C1CC2CC=CC=C2N1. The van der Waals surface area contributed by atoms with Gasteiger partial charge in [0.25, 0.3) is 0 Å². The first-order valence-electron chi connectivity index (χ1n) is 3.68. The third-order valence-corrected chi connectivity index (χ3v) is 2.09. The van der Waals surface area contributed by atoms with E-state index in [4.69, 9.17) is 0 Å². The van der Waals surface area contributed by atoms with Crippen LogP contribution in [0.1, 0.15) is 12.8 Å². The smallest absolute Gasteiger partial charge is 0.0186 e. The first kappa shape index (κ1) is 5.78. The van der Waals surface area contributed by atoms with E-state index in [1.165, 1.54) is 17.8 Å². The van der Waals surface area contributed by atoms with E-state index in [0.29, 0.717) is 5.92 Å². The minimum absolute atomic E-state index is 0.706. The van der Waals surface area contributed by atoms with Gasteiger partial charge >= 0.3 is 0 Å². The van der Waals surface area contributed by atoms with Crippen LogP contribution in [0.5, 0.6) is 0 Å². The van der Waals surface area contributed by atoms with E-state index in [1.807, 2.05) is 0 Å². The molecule has 0 aromatic carbocycles. The first-order valence-corrected chi connectivity index (χ1v) is 3.68. The summed E-state index contributed by atoms with van der Waals surface area (Å²) in [4.78, 5) is 0. The summed E-state index contributed by atoms with van der Waals surface area (Å²) < 4.78 is 0. The maximum atomic E-state index is 3.90. The van der Waals surface area contributed by atoms with E-state index in [-0.39, 0.29) is 0 Å². The topological polar surface area (TPSA) is 12.0 Å². The maximum Gasteiger partial charge on any atom is 0.0186 e. The summed E-state index contributed by atoms with van der Waals surface area (Å²) in [6.07, 6.45) is 8.77. The lowest BCUT2D eigenvalue weighted by Gasteiger charge is -2.09. The second-order valence-corrected chi connectivity index (χ2v) is 2.92. The normalized spacial score (nSPS) is 29.4. The molecule has 2 rings (SSSR count). The summed E-state index contributed by atoms with van der Waals surface area (Å²) in [5.74, 6) is 0.706. The standard InChI is InChI=1S/C9H11N/c1-7-6-8-4-2-3-5-9(8)10-7/h2-3,5,8,10H,1,4,6H2. The van der Waals surface area contributed by atoms with Crippen molar-refractivity contribution in [1.82, 2.24) is 5.32 Å². The molecular formula is C9H11N. The van der Waals surface area contributed by atoms with Crippen LogP contribution >= 0.6 is 0 Å². The molecule has 0 radical (unpaired) electrons. The zero-order chi connectivity index (χ0) is 6.97. The van der Waals surface area contributed by atoms with E-state index in [2.05, 4.69) is 30.1 Å². The molecule has 1 fully saturated rings. The first-order chi connectivity index (χ1) is 4.86. The molecule has 1 heterocycles. The molecule has 1 unspecified atom stereocenters. The van der Waals surface area contributed by atoms with Crippen LogP contribution in [0.15, 0.2) is 36.2 Å². The molecule has 0 amide bonds. The Morgan fingerprint density at radius 3 is 3.30 bits per heavy atom. The maximum absolute atomic E-state index is 3.90. The van der Waals surface area contributed by atoms with Crippen molar-refractivity contribution in [1.29, 1.82) is 0 Å². The molecule has 1 aliphatic heterocycles. The molecule has 1 N–H and O–H groups in total. The van der Waals surface area contributed by atoms with Crippen LogP contribution in [0, 0.1) is 5.92 Å². The van der Waals surface area contributed by atoms with Crippen molar-refractivity contribution in [3.63, 3.8) is 0 Å². The minimum atomic E-state index is 0.706. The van der Waals surface area contributed by atoms with E-state index < -0.39 is 0 Å². The summed E-state index contributed by atoms with van der Waals surface area (Å²) in [6.45, 7) is 3.90. The van der Waals surface area contributed by atoms with Crippen LogP contribution in [0.3, 0.4) is 0 Å². The number of allylic oxidation sites excluding steroid dienone is 5. The average molecular weight is 133 g/mol. The van der Waals surface area contributed by atoms with Crippen LogP contribution in [0.25, 0.3) is 0 Å². The van der Waals surface area contributed by atoms with Gasteiger partial charge in [0.05, 0.1) is 0 Å². The van der Waals surface area contributed by atoms with Gasteiger partial charge in [-0.15, -0.1) is 0 Å². The molecule has 10 heavy (non-hydrogen) atoms. The Balaban J connectivity index is 2.26. The van der Waals surface area contributed by atoms with Crippen molar-refractivity contribution >= 4 is 0 Å². The lowest BCUT2D eigenvalue weighted by Crippen LogP contribution is -2.06. The molecule has 0 spiro atoms. The van der Waals surface area contributed by atoms with E-state index in [1.54, 1.807) is 0 Å². The molecular weight excluding hydrogens is 122 g/mol. The Morgan fingerprint density at radius 1 is 1.60 bits per heavy atom. The monoisotopic (exact) mass is 133 g/mol. The number of rotatable bonds is 0. The van der Waals surface area contributed by atoms with Crippen LogP contribution in [0.2, 0.25) is 0 Å². The van der Waals surface area contributed by atoms with Crippen molar-refractivity contribution in [2.45, 2.75) is 12.8 Å².